The monoisotopic (exact) mass is 226 g/mol. The third kappa shape index (κ3) is 3.72. The van der Waals surface area contributed by atoms with E-state index in [0.717, 1.165) is 18.7 Å². The molecular formula is C14H14N2O. The summed E-state index contributed by atoms with van der Waals surface area (Å²) < 4.78 is 0. The van der Waals surface area contributed by atoms with E-state index < -0.39 is 0 Å². The van der Waals surface area contributed by atoms with Crippen molar-refractivity contribution in [1.29, 1.82) is 0 Å². The van der Waals surface area contributed by atoms with E-state index in [9.17, 15) is 0 Å². The molecule has 0 aliphatic carbocycles. The molecular weight excluding hydrogens is 212 g/mol. The maximum Gasteiger partial charge on any atom is 0.115 e. The van der Waals surface area contributed by atoms with E-state index in [-0.39, 0.29) is 0 Å². The van der Waals surface area contributed by atoms with Gasteiger partial charge in [-0.25, -0.2) is 0 Å². The van der Waals surface area contributed by atoms with Gasteiger partial charge < -0.3 is 5.11 Å². The third-order valence-corrected chi connectivity index (χ3v) is 2.38. The first-order chi connectivity index (χ1) is 8.34. The molecule has 3 heteroatoms. The number of aromatic nitrogens is 1. The van der Waals surface area contributed by atoms with Gasteiger partial charge in [0.05, 0.1) is 5.69 Å². The van der Waals surface area contributed by atoms with Crippen molar-refractivity contribution in [2.75, 3.05) is 6.54 Å². The largest absolute Gasteiger partial charge is 0.508 e. The number of nitrogens with zero attached hydrogens (tertiary/aromatic N) is 2. The van der Waals surface area contributed by atoms with E-state index in [0.29, 0.717) is 5.75 Å². The van der Waals surface area contributed by atoms with Crippen molar-refractivity contribution in [2.45, 2.75) is 6.42 Å². The Kier molecular flexibility index (Phi) is 3.86. The molecule has 0 saturated carbocycles. The van der Waals surface area contributed by atoms with Crippen molar-refractivity contribution in [3.63, 3.8) is 0 Å². The van der Waals surface area contributed by atoms with E-state index in [2.05, 4.69) is 9.98 Å². The predicted molar refractivity (Wildman–Crippen MR) is 68.5 cm³/mol. The Hall–Kier alpha value is -2.16. The predicted octanol–water partition coefficient (Wildman–Crippen LogP) is 2.45. The zero-order chi connectivity index (χ0) is 11.9. The van der Waals surface area contributed by atoms with Gasteiger partial charge in [0.15, 0.2) is 0 Å². The maximum atomic E-state index is 9.14. The topological polar surface area (TPSA) is 45.5 Å². The molecule has 3 nitrogen and oxygen atoms in total. The SMILES string of the molecule is Oc1ccc(CCN=Cc2ccccn2)cc1. The summed E-state index contributed by atoms with van der Waals surface area (Å²) in [6.45, 7) is 0.724. The van der Waals surface area contributed by atoms with Crippen molar-refractivity contribution < 1.29 is 5.11 Å². The van der Waals surface area contributed by atoms with Gasteiger partial charge in [-0.3, -0.25) is 9.98 Å². The molecule has 0 amide bonds. The second kappa shape index (κ2) is 5.80. The highest BCUT2D eigenvalue weighted by Crippen LogP contribution is 2.09. The zero-order valence-electron chi connectivity index (χ0n) is 9.45. The lowest BCUT2D eigenvalue weighted by molar-refractivity contribution is 0.475. The molecule has 1 aromatic carbocycles. The Morgan fingerprint density at radius 2 is 1.94 bits per heavy atom. The molecule has 0 radical (unpaired) electrons. The fourth-order valence-electron chi connectivity index (χ4n) is 1.47. The molecule has 1 heterocycles. The average Bonchev–Trinajstić information content (AvgIpc) is 2.38. The minimum atomic E-state index is 0.297. The molecule has 2 aromatic rings. The second-order valence-electron chi connectivity index (χ2n) is 3.71. The van der Waals surface area contributed by atoms with Crippen LogP contribution in [0.25, 0.3) is 0 Å². The van der Waals surface area contributed by atoms with Crippen LogP contribution >= 0.6 is 0 Å². The van der Waals surface area contributed by atoms with Gasteiger partial charge in [-0.1, -0.05) is 18.2 Å². The Morgan fingerprint density at radius 3 is 2.65 bits per heavy atom. The highest BCUT2D eigenvalue weighted by molar-refractivity contribution is 5.76. The number of aromatic hydroxyl groups is 1. The summed E-state index contributed by atoms with van der Waals surface area (Å²) in [5, 5.41) is 9.14. The molecule has 0 spiro atoms. The third-order valence-electron chi connectivity index (χ3n) is 2.38. The summed E-state index contributed by atoms with van der Waals surface area (Å²) in [6.07, 6.45) is 4.39. The number of pyridine rings is 1. The normalized spacial score (nSPS) is 10.8. The highest BCUT2D eigenvalue weighted by atomic mass is 16.3. The van der Waals surface area contributed by atoms with E-state index in [1.165, 1.54) is 5.56 Å². The molecule has 2 rings (SSSR count). The van der Waals surface area contributed by atoms with Gasteiger partial charge in [-0.05, 0) is 36.2 Å². The van der Waals surface area contributed by atoms with Gasteiger partial charge in [-0.15, -0.1) is 0 Å². The van der Waals surface area contributed by atoms with Crippen LogP contribution < -0.4 is 0 Å². The lowest BCUT2D eigenvalue weighted by atomic mass is 10.1. The quantitative estimate of drug-likeness (QED) is 0.814. The van der Waals surface area contributed by atoms with E-state index in [1.54, 1.807) is 24.5 Å². The molecule has 0 fully saturated rings. The van der Waals surface area contributed by atoms with Crippen LogP contribution in [-0.2, 0) is 6.42 Å². The summed E-state index contributed by atoms with van der Waals surface area (Å²) in [5.74, 6) is 0.297. The Balaban J connectivity index is 1.84. The number of aliphatic imine (C=N–C) groups is 1. The first-order valence-electron chi connectivity index (χ1n) is 5.53. The Bertz CT molecular complexity index is 477. The first-order valence-corrected chi connectivity index (χ1v) is 5.53. The average molecular weight is 226 g/mol. The minimum absolute atomic E-state index is 0.297. The van der Waals surface area contributed by atoms with Gasteiger partial charge in [0.2, 0.25) is 0 Å². The van der Waals surface area contributed by atoms with Crippen LogP contribution in [0.5, 0.6) is 5.75 Å². The van der Waals surface area contributed by atoms with Crippen LogP contribution in [0.3, 0.4) is 0 Å². The number of hydrogen-bond acceptors (Lipinski definition) is 3. The lowest BCUT2D eigenvalue weighted by Crippen LogP contribution is -1.91. The standard InChI is InChI=1S/C14H14N2O/c17-14-6-4-12(5-7-14)8-10-15-11-13-3-1-2-9-16-13/h1-7,9,11,17H,8,10H2. The molecule has 0 saturated heterocycles. The van der Waals surface area contributed by atoms with Crippen LogP contribution in [0.15, 0.2) is 53.7 Å². The lowest BCUT2D eigenvalue weighted by Gasteiger charge is -1.98. The molecule has 0 unspecified atom stereocenters. The first kappa shape index (κ1) is 11.3. The van der Waals surface area contributed by atoms with Crippen molar-refractivity contribution in [3.8, 4) is 5.75 Å². The minimum Gasteiger partial charge on any atom is -0.508 e. The van der Waals surface area contributed by atoms with Crippen LogP contribution in [0, 0.1) is 0 Å². The van der Waals surface area contributed by atoms with Gasteiger partial charge in [0.1, 0.15) is 5.75 Å². The number of phenolic OH excluding ortho intramolecular Hbond substituents is 1. The van der Waals surface area contributed by atoms with Crippen LogP contribution in [0.4, 0.5) is 0 Å². The summed E-state index contributed by atoms with van der Waals surface area (Å²) in [6, 6.07) is 12.9. The van der Waals surface area contributed by atoms with Crippen LogP contribution in [0.1, 0.15) is 11.3 Å². The molecule has 17 heavy (non-hydrogen) atoms. The van der Waals surface area contributed by atoms with Crippen LogP contribution in [0.2, 0.25) is 0 Å². The summed E-state index contributed by atoms with van der Waals surface area (Å²) >= 11 is 0. The molecule has 0 atom stereocenters. The smallest absolute Gasteiger partial charge is 0.115 e. The number of benzene rings is 1. The molecule has 0 aliphatic rings. The van der Waals surface area contributed by atoms with Crippen LogP contribution in [-0.4, -0.2) is 22.8 Å². The summed E-state index contributed by atoms with van der Waals surface area (Å²) in [5.41, 5.74) is 2.04. The van der Waals surface area contributed by atoms with Crippen molar-refractivity contribution in [1.82, 2.24) is 4.98 Å². The number of phenols is 1. The maximum absolute atomic E-state index is 9.14. The van der Waals surface area contributed by atoms with Crippen molar-refractivity contribution >= 4 is 6.21 Å². The number of rotatable bonds is 4. The molecule has 1 aromatic heterocycles. The molecule has 86 valence electrons. The molecule has 0 aliphatic heterocycles. The van der Waals surface area contributed by atoms with Gasteiger partial charge in [0, 0.05) is 19.0 Å². The van der Waals surface area contributed by atoms with E-state index >= 15 is 0 Å². The summed E-state index contributed by atoms with van der Waals surface area (Å²) in [7, 11) is 0. The highest BCUT2D eigenvalue weighted by Gasteiger charge is 1.92. The van der Waals surface area contributed by atoms with Gasteiger partial charge in [0.25, 0.3) is 0 Å². The summed E-state index contributed by atoms with van der Waals surface area (Å²) in [4.78, 5) is 8.46. The molecule has 0 bridgehead atoms. The van der Waals surface area contributed by atoms with Crippen molar-refractivity contribution in [3.05, 3.63) is 59.9 Å². The zero-order valence-corrected chi connectivity index (χ0v) is 9.45. The Labute approximate surface area is 100 Å². The fraction of sp³-hybridized carbons (Fsp3) is 0.143. The number of hydrogen-bond donors (Lipinski definition) is 1. The Morgan fingerprint density at radius 1 is 1.12 bits per heavy atom. The van der Waals surface area contributed by atoms with Gasteiger partial charge >= 0.3 is 0 Å². The van der Waals surface area contributed by atoms with E-state index in [1.807, 2.05) is 30.3 Å². The van der Waals surface area contributed by atoms with E-state index in [4.69, 9.17) is 5.11 Å². The fourth-order valence-corrected chi connectivity index (χ4v) is 1.47. The second-order valence-corrected chi connectivity index (χ2v) is 3.71. The van der Waals surface area contributed by atoms with Crippen molar-refractivity contribution in [2.24, 2.45) is 4.99 Å². The van der Waals surface area contributed by atoms with Gasteiger partial charge in [-0.2, -0.15) is 0 Å². The molecule has 1 N–H and O–H groups in total.